The van der Waals surface area contributed by atoms with Gasteiger partial charge >= 0.3 is 0 Å². The van der Waals surface area contributed by atoms with E-state index in [4.69, 9.17) is 10.5 Å². The minimum Gasteiger partial charge on any atom is -0.496 e. The molecule has 1 heterocycles. The van der Waals surface area contributed by atoms with Crippen LogP contribution in [0.1, 0.15) is 24.5 Å². The Morgan fingerprint density at radius 1 is 1.41 bits per heavy atom. The zero-order valence-electron chi connectivity index (χ0n) is 11.0. The Hall–Kier alpha value is -1.06. The molecule has 0 radical (unpaired) electrons. The third-order valence-electron chi connectivity index (χ3n) is 3.61. The van der Waals surface area contributed by atoms with Gasteiger partial charge in [0.2, 0.25) is 0 Å². The fourth-order valence-electron chi connectivity index (χ4n) is 2.45. The van der Waals surface area contributed by atoms with Gasteiger partial charge in [-0.25, -0.2) is 0 Å². The van der Waals surface area contributed by atoms with Crippen LogP contribution in [0, 0.1) is 6.92 Å². The van der Waals surface area contributed by atoms with Crippen LogP contribution in [0.4, 0.5) is 0 Å². The number of ether oxygens (including phenoxy) is 1. The average Bonchev–Trinajstić information content (AvgIpc) is 2.27. The number of nitrogens with two attached hydrogens (primary N) is 1. The molecule has 1 aliphatic heterocycles. The summed E-state index contributed by atoms with van der Waals surface area (Å²) in [4.78, 5) is 2.38. The van der Waals surface area contributed by atoms with E-state index in [1.54, 1.807) is 7.11 Å². The molecule has 1 aliphatic rings. The van der Waals surface area contributed by atoms with Crippen molar-refractivity contribution in [3.05, 3.63) is 29.3 Å². The molecule has 1 fully saturated rings. The second kappa shape index (κ2) is 4.67. The summed E-state index contributed by atoms with van der Waals surface area (Å²) in [7, 11) is 1.73. The van der Waals surface area contributed by atoms with E-state index in [2.05, 4.69) is 30.9 Å². The Morgan fingerprint density at radius 3 is 2.71 bits per heavy atom. The van der Waals surface area contributed by atoms with Gasteiger partial charge in [-0.15, -0.1) is 0 Å². The summed E-state index contributed by atoms with van der Waals surface area (Å²) < 4.78 is 5.39. The summed E-state index contributed by atoms with van der Waals surface area (Å²) in [5.74, 6) is 0.974. The lowest BCUT2D eigenvalue weighted by molar-refractivity contribution is 0.0600. The highest BCUT2D eigenvalue weighted by Gasteiger charge is 2.37. The predicted octanol–water partition coefficient (Wildman–Crippen LogP) is 1.93. The third kappa shape index (κ3) is 2.61. The van der Waals surface area contributed by atoms with Gasteiger partial charge in [-0.05, 0) is 19.4 Å². The second-order valence-electron chi connectivity index (χ2n) is 5.18. The number of methoxy groups -OCH3 is 1. The highest BCUT2D eigenvalue weighted by atomic mass is 16.5. The summed E-state index contributed by atoms with van der Waals surface area (Å²) >= 11 is 0. The maximum absolute atomic E-state index is 6.17. The quantitative estimate of drug-likeness (QED) is 0.865. The predicted molar refractivity (Wildman–Crippen MR) is 70.2 cm³/mol. The zero-order valence-corrected chi connectivity index (χ0v) is 11.0. The van der Waals surface area contributed by atoms with Crippen molar-refractivity contribution in [2.45, 2.75) is 32.4 Å². The van der Waals surface area contributed by atoms with E-state index in [0.29, 0.717) is 0 Å². The van der Waals surface area contributed by atoms with Gasteiger partial charge in [0.15, 0.2) is 0 Å². The number of benzene rings is 1. The molecule has 0 spiro atoms. The average molecular weight is 234 g/mol. The van der Waals surface area contributed by atoms with Crippen LogP contribution in [0.15, 0.2) is 18.2 Å². The number of likely N-dealkylation sites (tertiary alicyclic amines) is 1. The number of rotatable bonds is 4. The lowest BCUT2D eigenvalue weighted by Gasteiger charge is -2.47. The number of nitrogens with zero attached hydrogens (tertiary/aromatic N) is 1. The molecule has 0 aromatic heterocycles. The third-order valence-corrected chi connectivity index (χ3v) is 3.61. The van der Waals surface area contributed by atoms with Crippen LogP contribution in [-0.2, 0) is 6.54 Å². The van der Waals surface area contributed by atoms with Crippen LogP contribution in [0.3, 0.4) is 0 Å². The van der Waals surface area contributed by atoms with Gasteiger partial charge in [0.25, 0.3) is 0 Å². The molecule has 2 N–H and O–H groups in total. The van der Waals surface area contributed by atoms with E-state index in [-0.39, 0.29) is 5.54 Å². The SMILES string of the molecule is CCC1(N)CN(Cc2cc(C)ccc2OC)C1. The standard InChI is InChI=1S/C14H22N2O/c1-4-14(15)9-16(10-14)8-12-7-11(2)5-6-13(12)17-3/h5-7H,4,8-10,15H2,1-3H3. The van der Waals surface area contributed by atoms with Crippen molar-refractivity contribution in [2.75, 3.05) is 20.2 Å². The molecule has 2 rings (SSSR count). The summed E-state index contributed by atoms with van der Waals surface area (Å²) in [6.07, 6.45) is 1.05. The van der Waals surface area contributed by atoms with Crippen LogP contribution < -0.4 is 10.5 Å². The fourth-order valence-corrected chi connectivity index (χ4v) is 2.45. The molecular weight excluding hydrogens is 212 g/mol. The van der Waals surface area contributed by atoms with E-state index >= 15 is 0 Å². The molecule has 1 saturated heterocycles. The Bertz CT molecular complexity index is 397. The van der Waals surface area contributed by atoms with Crippen LogP contribution in [0.2, 0.25) is 0 Å². The Kier molecular flexibility index (Phi) is 3.40. The largest absolute Gasteiger partial charge is 0.496 e. The van der Waals surface area contributed by atoms with Crippen molar-refractivity contribution in [1.82, 2.24) is 4.90 Å². The Labute approximate surface area is 104 Å². The smallest absolute Gasteiger partial charge is 0.123 e. The van der Waals surface area contributed by atoms with Crippen LogP contribution in [0.5, 0.6) is 5.75 Å². The molecule has 17 heavy (non-hydrogen) atoms. The molecule has 0 amide bonds. The van der Waals surface area contributed by atoms with Gasteiger partial charge in [-0.2, -0.15) is 0 Å². The van der Waals surface area contributed by atoms with Gasteiger partial charge in [-0.1, -0.05) is 24.6 Å². The maximum Gasteiger partial charge on any atom is 0.123 e. The van der Waals surface area contributed by atoms with Crippen molar-refractivity contribution in [3.63, 3.8) is 0 Å². The van der Waals surface area contributed by atoms with E-state index in [1.807, 2.05) is 6.07 Å². The van der Waals surface area contributed by atoms with Crippen LogP contribution in [-0.4, -0.2) is 30.6 Å². The zero-order chi connectivity index (χ0) is 12.5. The molecule has 3 nitrogen and oxygen atoms in total. The Morgan fingerprint density at radius 2 is 2.12 bits per heavy atom. The summed E-state index contributed by atoms with van der Waals surface area (Å²) in [6, 6.07) is 6.32. The second-order valence-corrected chi connectivity index (χ2v) is 5.18. The van der Waals surface area contributed by atoms with Crippen molar-refractivity contribution >= 4 is 0 Å². The lowest BCUT2D eigenvalue weighted by atomic mass is 9.88. The minimum atomic E-state index is 0.0388. The van der Waals surface area contributed by atoms with Crippen molar-refractivity contribution < 1.29 is 4.74 Å². The van der Waals surface area contributed by atoms with Gasteiger partial charge in [0, 0.05) is 30.7 Å². The molecule has 3 heteroatoms. The minimum absolute atomic E-state index is 0.0388. The molecule has 1 aromatic rings. The van der Waals surface area contributed by atoms with E-state index in [0.717, 1.165) is 31.8 Å². The fraction of sp³-hybridized carbons (Fsp3) is 0.571. The van der Waals surface area contributed by atoms with Crippen LogP contribution in [0.25, 0.3) is 0 Å². The molecule has 0 bridgehead atoms. The Balaban J connectivity index is 2.02. The molecule has 0 atom stereocenters. The van der Waals surface area contributed by atoms with Gasteiger partial charge in [0.1, 0.15) is 5.75 Å². The molecule has 0 unspecified atom stereocenters. The number of aryl methyl sites for hydroxylation is 1. The van der Waals surface area contributed by atoms with Crippen molar-refractivity contribution in [1.29, 1.82) is 0 Å². The van der Waals surface area contributed by atoms with Gasteiger partial charge in [-0.3, -0.25) is 4.90 Å². The molecule has 0 aliphatic carbocycles. The van der Waals surface area contributed by atoms with Crippen LogP contribution >= 0.6 is 0 Å². The summed E-state index contributed by atoms with van der Waals surface area (Å²) in [5, 5.41) is 0. The maximum atomic E-state index is 6.17. The first-order valence-electron chi connectivity index (χ1n) is 6.21. The monoisotopic (exact) mass is 234 g/mol. The van der Waals surface area contributed by atoms with Crippen molar-refractivity contribution in [2.24, 2.45) is 5.73 Å². The molecule has 1 aromatic carbocycles. The summed E-state index contributed by atoms with van der Waals surface area (Å²) in [6.45, 7) is 7.17. The normalized spacial score (nSPS) is 18.8. The summed E-state index contributed by atoms with van der Waals surface area (Å²) in [5.41, 5.74) is 8.74. The number of hydrogen-bond donors (Lipinski definition) is 1. The molecule has 0 saturated carbocycles. The van der Waals surface area contributed by atoms with E-state index in [9.17, 15) is 0 Å². The molecule has 94 valence electrons. The van der Waals surface area contributed by atoms with E-state index in [1.165, 1.54) is 11.1 Å². The molecular formula is C14H22N2O. The first kappa shape index (κ1) is 12.4. The highest BCUT2D eigenvalue weighted by molar-refractivity contribution is 5.37. The first-order chi connectivity index (χ1) is 8.06. The lowest BCUT2D eigenvalue weighted by Crippen LogP contribution is -2.66. The van der Waals surface area contributed by atoms with Gasteiger partial charge < -0.3 is 10.5 Å². The van der Waals surface area contributed by atoms with E-state index < -0.39 is 0 Å². The topological polar surface area (TPSA) is 38.5 Å². The first-order valence-corrected chi connectivity index (χ1v) is 6.21. The van der Waals surface area contributed by atoms with Gasteiger partial charge in [0.05, 0.1) is 7.11 Å². The number of hydrogen-bond acceptors (Lipinski definition) is 3. The highest BCUT2D eigenvalue weighted by Crippen LogP contribution is 2.27. The van der Waals surface area contributed by atoms with Crippen molar-refractivity contribution in [3.8, 4) is 5.75 Å².